The Morgan fingerprint density at radius 1 is 1.33 bits per heavy atom. The zero-order valence-corrected chi connectivity index (χ0v) is 9.87. The summed E-state index contributed by atoms with van der Waals surface area (Å²) in [6.45, 7) is 2.55. The Labute approximate surface area is 97.1 Å². The molecule has 0 aromatic heterocycles. The number of fused-ring (bicyclic) bond motifs is 1. The van der Waals surface area contributed by atoms with E-state index in [0.717, 1.165) is 29.4 Å². The van der Waals surface area contributed by atoms with Crippen molar-refractivity contribution in [1.82, 2.24) is 4.90 Å². The van der Waals surface area contributed by atoms with Gasteiger partial charge in [0.1, 0.15) is 0 Å². The van der Waals surface area contributed by atoms with Crippen LogP contribution in [0.15, 0.2) is 18.2 Å². The van der Waals surface area contributed by atoms with Gasteiger partial charge in [-0.05, 0) is 17.7 Å². The van der Waals surface area contributed by atoms with Crippen molar-refractivity contribution in [3.63, 3.8) is 0 Å². The summed E-state index contributed by atoms with van der Waals surface area (Å²) in [7, 11) is 0. The Morgan fingerprint density at radius 3 is 3.00 bits per heavy atom. The predicted octanol–water partition coefficient (Wildman–Crippen LogP) is 1.99. The van der Waals surface area contributed by atoms with Gasteiger partial charge in [-0.2, -0.15) is 0 Å². The van der Waals surface area contributed by atoms with E-state index in [4.69, 9.17) is 9.47 Å². The normalized spacial score (nSPS) is 26.7. The van der Waals surface area contributed by atoms with Crippen molar-refractivity contribution >= 4 is 15.9 Å². The Bertz CT molecular complexity index is 383. The highest BCUT2D eigenvalue weighted by Crippen LogP contribution is 2.33. The van der Waals surface area contributed by atoms with Crippen LogP contribution >= 0.6 is 15.9 Å². The Hall–Kier alpha value is -0.740. The van der Waals surface area contributed by atoms with Gasteiger partial charge in [0.15, 0.2) is 11.5 Å². The molecule has 0 N–H and O–H groups in total. The van der Waals surface area contributed by atoms with Gasteiger partial charge in [0, 0.05) is 24.5 Å². The van der Waals surface area contributed by atoms with E-state index in [0.29, 0.717) is 6.79 Å². The standard InChI is InChI=1S/C11H12BrNO2/c12-4-9-6-13(9)5-8-1-2-10-11(3-8)15-7-14-10/h1-3,9H,4-7H2/t9-,13?/m1/s1. The lowest BCUT2D eigenvalue weighted by molar-refractivity contribution is 0.174. The smallest absolute Gasteiger partial charge is 0.231 e. The minimum Gasteiger partial charge on any atom is -0.454 e. The molecule has 1 aromatic carbocycles. The lowest BCUT2D eigenvalue weighted by Gasteiger charge is -2.04. The molecule has 0 radical (unpaired) electrons. The second-order valence-electron chi connectivity index (χ2n) is 3.93. The number of hydrogen-bond acceptors (Lipinski definition) is 3. The van der Waals surface area contributed by atoms with Gasteiger partial charge in [0.05, 0.1) is 0 Å². The van der Waals surface area contributed by atoms with E-state index in [1.165, 1.54) is 12.1 Å². The third-order valence-corrected chi connectivity index (χ3v) is 3.58. The van der Waals surface area contributed by atoms with E-state index in [9.17, 15) is 0 Å². The number of rotatable bonds is 3. The van der Waals surface area contributed by atoms with Crippen molar-refractivity contribution in [3.05, 3.63) is 23.8 Å². The molecule has 15 heavy (non-hydrogen) atoms. The van der Waals surface area contributed by atoms with E-state index in [1.54, 1.807) is 0 Å². The minimum atomic E-state index is 0.354. The molecule has 3 nitrogen and oxygen atoms in total. The molecule has 2 heterocycles. The average molecular weight is 270 g/mol. The molecule has 4 heteroatoms. The third-order valence-electron chi connectivity index (χ3n) is 2.83. The molecule has 1 aromatic rings. The molecule has 0 aliphatic carbocycles. The average Bonchev–Trinajstić information content (AvgIpc) is 2.84. The van der Waals surface area contributed by atoms with Crippen molar-refractivity contribution in [2.24, 2.45) is 0 Å². The second-order valence-corrected chi connectivity index (χ2v) is 4.57. The minimum absolute atomic E-state index is 0.354. The zero-order valence-electron chi connectivity index (χ0n) is 8.28. The molecule has 2 aliphatic rings. The van der Waals surface area contributed by atoms with Gasteiger partial charge in [-0.1, -0.05) is 22.0 Å². The molecule has 1 saturated heterocycles. The topological polar surface area (TPSA) is 21.5 Å². The molecule has 0 spiro atoms. The first-order chi connectivity index (χ1) is 7.36. The summed E-state index contributed by atoms with van der Waals surface area (Å²) >= 11 is 3.49. The molecule has 2 atom stereocenters. The maximum absolute atomic E-state index is 5.34. The van der Waals surface area contributed by atoms with Crippen LogP contribution in [0.1, 0.15) is 5.56 Å². The number of ether oxygens (including phenoxy) is 2. The predicted molar refractivity (Wildman–Crippen MR) is 60.6 cm³/mol. The number of hydrogen-bond donors (Lipinski definition) is 0. The fourth-order valence-corrected chi connectivity index (χ4v) is 2.45. The van der Waals surface area contributed by atoms with Crippen LogP contribution in [0.4, 0.5) is 0 Å². The molecule has 3 rings (SSSR count). The van der Waals surface area contributed by atoms with Crippen molar-refractivity contribution < 1.29 is 9.47 Å². The first-order valence-electron chi connectivity index (χ1n) is 5.05. The van der Waals surface area contributed by atoms with E-state index in [-0.39, 0.29) is 0 Å². The maximum Gasteiger partial charge on any atom is 0.231 e. The molecule has 1 fully saturated rings. The van der Waals surface area contributed by atoms with Crippen LogP contribution < -0.4 is 9.47 Å². The molecular weight excluding hydrogens is 258 g/mol. The van der Waals surface area contributed by atoms with Crippen molar-refractivity contribution in [1.29, 1.82) is 0 Å². The maximum atomic E-state index is 5.34. The SMILES string of the molecule is BrC[C@@H]1CN1Cc1ccc2c(c1)OCO2. The zero-order chi connectivity index (χ0) is 10.3. The molecule has 2 aliphatic heterocycles. The van der Waals surface area contributed by atoms with Crippen LogP contribution in [0.3, 0.4) is 0 Å². The van der Waals surface area contributed by atoms with Crippen LogP contribution in [0.2, 0.25) is 0 Å². The molecule has 1 unspecified atom stereocenters. The number of benzene rings is 1. The molecular formula is C11H12BrNO2. The number of halogens is 1. The first kappa shape index (κ1) is 9.48. The van der Waals surface area contributed by atoms with Gasteiger partial charge < -0.3 is 9.47 Å². The van der Waals surface area contributed by atoms with Gasteiger partial charge in [-0.25, -0.2) is 0 Å². The van der Waals surface area contributed by atoms with Crippen molar-refractivity contribution in [3.8, 4) is 11.5 Å². The summed E-state index contributed by atoms with van der Waals surface area (Å²) in [5, 5.41) is 1.07. The summed E-state index contributed by atoms with van der Waals surface area (Å²) in [5.74, 6) is 1.74. The first-order valence-corrected chi connectivity index (χ1v) is 6.17. The molecule has 0 bridgehead atoms. The molecule has 80 valence electrons. The number of alkyl halides is 1. The Morgan fingerprint density at radius 2 is 2.20 bits per heavy atom. The van der Waals surface area contributed by atoms with E-state index in [2.05, 4.69) is 33.0 Å². The van der Waals surface area contributed by atoms with Crippen molar-refractivity contribution in [2.45, 2.75) is 12.6 Å². The highest BCUT2D eigenvalue weighted by atomic mass is 79.9. The lowest BCUT2D eigenvalue weighted by atomic mass is 10.2. The second kappa shape index (κ2) is 3.68. The highest BCUT2D eigenvalue weighted by molar-refractivity contribution is 9.09. The van der Waals surface area contributed by atoms with Crippen LogP contribution in [0, 0.1) is 0 Å². The lowest BCUT2D eigenvalue weighted by Crippen LogP contribution is -2.02. The summed E-state index contributed by atoms with van der Waals surface area (Å²) in [6.07, 6.45) is 0. The largest absolute Gasteiger partial charge is 0.454 e. The summed E-state index contributed by atoms with van der Waals surface area (Å²) in [5.41, 5.74) is 1.29. The monoisotopic (exact) mass is 269 g/mol. The Kier molecular flexibility index (Phi) is 2.33. The van der Waals surface area contributed by atoms with Crippen LogP contribution in [0.25, 0.3) is 0 Å². The summed E-state index contributed by atoms with van der Waals surface area (Å²) in [4.78, 5) is 2.42. The molecule has 0 amide bonds. The fraction of sp³-hybridized carbons (Fsp3) is 0.455. The quantitative estimate of drug-likeness (QED) is 0.619. The summed E-state index contributed by atoms with van der Waals surface area (Å²) in [6, 6.07) is 6.89. The van der Waals surface area contributed by atoms with E-state index >= 15 is 0 Å². The van der Waals surface area contributed by atoms with Crippen molar-refractivity contribution in [2.75, 3.05) is 18.7 Å². The third kappa shape index (κ3) is 1.84. The van der Waals surface area contributed by atoms with Crippen LogP contribution in [-0.4, -0.2) is 29.6 Å². The van der Waals surface area contributed by atoms with Gasteiger partial charge in [-0.3, -0.25) is 4.90 Å². The van der Waals surface area contributed by atoms with Gasteiger partial charge in [0.2, 0.25) is 6.79 Å². The van der Waals surface area contributed by atoms with Crippen LogP contribution in [-0.2, 0) is 6.54 Å². The van der Waals surface area contributed by atoms with E-state index in [1.807, 2.05) is 6.07 Å². The van der Waals surface area contributed by atoms with Crippen LogP contribution in [0.5, 0.6) is 11.5 Å². The Balaban J connectivity index is 1.71. The summed E-state index contributed by atoms with van der Waals surface area (Å²) < 4.78 is 10.6. The molecule has 0 saturated carbocycles. The van der Waals surface area contributed by atoms with Gasteiger partial charge >= 0.3 is 0 Å². The number of nitrogens with zero attached hydrogens (tertiary/aromatic N) is 1. The fourth-order valence-electron chi connectivity index (χ4n) is 1.84. The van der Waals surface area contributed by atoms with E-state index < -0.39 is 0 Å². The van der Waals surface area contributed by atoms with Gasteiger partial charge in [-0.15, -0.1) is 0 Å². The highest BCUT2D eigenvalue weighted by Gasteiger charge is 2.32. The van der Waals surface area contributed by atoms with Gasteiger partial charge in [0.25, 0.3) is 0 Å².